The second-order valence-electron chi connectivity index (χ2n) is 6.44. The van der Waals surface area contributed by atoms with Crippen molar-refractivity contribution >= 4 is 15.9 Å². The number of methoxy groups -OCH3 is 1. The van der Waals surface area contributed by atoms with Crippen LogP contribution in [0.15, 0.2) is 46.9 Å². The molecule has 2 N–H and O–H groups in total. The molecule has 5 heteroatoms. The molecule has 0 spiro atoms. The molecule has 24 heavy (non-hydrogen) atoms. The van der Waals surface area contributed by atoms with Gasteiger partial charge in [-0.15, -0.1) is 0 Å². The molecule has 0 aromatic heterocycles. The largest absolute Gasteiger partial charge is 0.496 e. The number of halogens is 2. The van der Waals surface area contributed by atoms with Gasteiger partial charge in [-0.2, -0.15) is 0 Å². The van der Waals surface area contributed by atoms with Gasteiger partial charge in [0, 0.05) is 15.6 Å². The van der Waals surface area contributed by atoms with E-state index in [1.54, 1.807) is 24.1 Å². The lowest BCUT2D eigenvalue weighted by atomic mass is 10.1. The lowest BCUT2D eigenvalue weighted by Crippen LogP contribution is -3.27. The normalized spacial score (nSPS) is 20.8. The molecule has 2 aromatic carbocycles. The molecule has 0 aliphatic carbocycles. The summed E-state index contributed by atoms with van der Waals surface area (Å²) < 4.78 is 19.9. The van der Waals surface area contributed by atoms with Crippen molar-refractivity contribution in [2.75, 3.05) is 33.3 Å². The lowest BCUT2D eigenvalue weighted by Gasteiger charge is -2.30. The summed E-state index contributed by atoms with van der Waals surface area (Å²) in [7, 11) is 1.73. The number of nitrogens with one attached hydrogen (secondary N) is 2. The molecule has 1 fully saturated rings. The van der Waals surface area contributed by atoms with Gasteiger partial charge in [0.2, 0.25) is 0 Å². The van der Waals surface area contributed by atoms with Crippen LogP contribution in [-0.4, -0.2) is 33.3 Å². The molecule has 0 amide bonds. The van der Waals surface area contributed by atoms with Gasteiger partial charge in [0.05, 0.1) is 7.11 Å². The first kappa shape index (κ1) is 17.4. The molecule has 1 aliphatic heterocycles. The van der Waals surface area contributed by atoms with Crippen molar-refractivity contribution in [1.29, 1.82) is 0 Å². The van der Waals surface area contributed by atoms with E-state index in [1.807, 2.05) is 18.2 Å². The Bertz CT molecular complexity index is 687. The monoisotopic (exact) mass is 394 g/mol. The second-order valence-corrected chi connectivity index (χ2v) is 7.36. The molecule has 0 bridgehead atoms. The number of piperazine rings is 1. The highest BCUT2D eigenvalue weighted by atomic mass is 79.9. The third-order valence-electron chi connectivity index (χ3n) is 4.69. The van der Waals surface area contributed by atoms with Crippen LogP contribution in [0.25, 0.3) is 0 Å². The Morgan fingerprint density at radius 2 is 1.71 bits per heavy atom. The lowest BCUT2D eigenvalue weighted by molar-refractivity contribution is -1.02. The quantitative estimate of drug-likeness (QED) is 0.776. The summed E-state index contributed by atoms with van der Waals surface area (Å²) in [5.74, 6) is 0.818. The number of rotatable bonds is 5. The summed E-state index contributed by atoms with van der Waals surface area (Å²) in [5, 5.41) is 0. The maximum Gasteiger partial charge on any atom is 0.127 e. The van der Waals surface area contributed by atoms with Crippen LogP contribution in [0.3, 0.4) is 0 Å². The Labute approximate surface area is 151 Å². The summed E-state index contributed by atoms with van der Waals surface area (Å²) in [4.78, 5) is 3.11. The first-order valence-corrected chi connectivity index (χ1v) is 9.17. The highest BCUT2D eigenvalue weighted by molar-refractivity contribution is 9.10. The van der Waals surface area contributed by atoms with Crippen molar-refractivity contribution < 1.29 is 18.9 Å². The molecule has 3 nitrogen and oxygen atoms in total. The summed E-state index contributed by atoms with van der Waals surface area (Å²) in [5.41, 5.74) is 2.33. The van der Waals surface area contributed by atoms with E-state index in [1.165, 1.54) is 16.5 Å². The van der Waals surface area contributed by atoms with Crippen molar-refractivity contribution in [1.82, 2.24) is 0 Å². The standard InChI is InChI=1S/C19H22BrFN2O/c1-24-19-6-5-17(20)12-16(19)14-23-9-7-22(8-10-23)13-15-3-2-4-18(21)11-15/h2-6,11-12H,7-10,13-14H2,1H3/p+2. The van der Waals surface area contributed by atoms with Crippen LogP contribution in [0.5, 0.6) is 5.75 Å². The minimum Gasteiger partial charge on any atom is -0.496 e. The fourth-order valence-corrected chi connectivity index (χ4v) is 3.81. The number of hydrogen-bond acceptors (Lipinski definition) is 1. The summed E-state index contributed by atoms with van der Waals surface area (Å²) >= 11 is 3.54. The molecule has 128 valence electrons. The van der Waals surface area contributed by atoms with Crippen molar-refractivity contribution in [3.05, 3.63) is 63.9 Å². The maximum atomic E-state index is 13.3. The fraction of sp³-hybridized carbons (Fsp3) is 0.368. The summed E-state index contributed by atoms with van der Waals surface area (Å²) in [6.45, 7) is 6.37. The predicted octanol–water partition coefficient (Wildman–Crippen LogP) is 1.08. The van der Waals surface area contributed by atoms with Gasteiger partial charge in [0.1, 0.15) is 50.8 Å². The van der Waals surface area contributed by atoms with Crippen LogP contribution >= 0.6 is 15.9 Å². The smallest absolute Gasteiger partial charge is 0.127 e. The molecular weight excluding hydrogens is 371 g/mol. The Hall–Kier alpha value is -1.43. The van der Waals surface area contributed by atoms with E-state index < -0.39 is 0 Å². The molecule has 0 atom stereocenters. The highest BCUT2D eigenvalue weighted by Gasteiger charge is 2.24. The molecule has 1 saturated heterocycles. The van der Waals surface area contributed by atoms with E-state index in [0.29, 0.717) is 0 Å². The molecule has 1 aliphatic rings. The first-order chi connectivity index (χ1) is 11.6. The molecule has 0 saturated carbocycles. The van der Waals surface area contributed by atoms with Crippen molar-refractivity contribution in [3.8, 4) is 5.75 Å². The van der Waals surface area contributed by atoms with E-state index in [2.05, 4.69) is 22.0 Å². The fourth-order valence-electron chi connectivity index (χ4n) is 3.40. The molecule has 1 heterocycles. The first-order valence-electron chi connectivity index (χ1n) is 8.38. The SMILES string of the molecule is COc1ccc(Br)cc1C[NH+]1CC[NH+](Cc2cccc(F)c2)CC1. The van der Waals surface area contributed by atoms with Crippen molar-refractivity contribution in [2.45, 2.75) is 13.1 Å². The van der Waals surface area contributed by atoms with Crippen LogP contribution < -0.4 is 14.5 Å². The summed E-state index contributed by atoms with van der Waals surface area (Å²) in [6, 6.07) is 13.2. The number of benzene rings is 2. The van der Waals surface area contributed by atoms with E-state index >= 15 is 0 Å². The van der Waals surface area contributed by atoms with E-state index in [9.17, 15) is 4.39 Å². The Balaban J connectivity index is 1.55. The van der Waals surface area contributed by atoms with Gasteiger partial charge in [0.15, 0.2) is 0 Å². The van der Waals surface area contributed by atoms with Gasteiger partial charge in [-0.05, 0) is 30.3 Å². The highest BCUT2D eigenvalue weighted by Crippen LogP contribution is 2.22. The Morgan fingerprint density at radius 3 is 2.38 bits per heavy atom. The number of hydrogen-bond donors (Lipinski definition) is 2. The minimum atomic E-state index is -0.141. The van der Waals surface area contributed by atoms with Crippen LogP contribution in [0.2, 0.25) is 0 Å². The van der Waals surface area contributed by atoms with Gasteiger partial charge in [0.25, 0.3) is 0 Å². The van der Waals surface area contributed by atoms with Crippen LogP contribution in [0, 0.1) is 5.82 Å². The zero-order valence-corrected chi connectivity index (χ0v) is 15.5. The van der Waals surface area contributed by atoms with Gasteiger partial charge in [-0.3, -0.25) is 0 Å². The number of quaternary nitrogens is 2. The zero-order valence-electron chi connectivity index (χ0n) is 13.9. The zero-order chi connectivity index (χ0) is 16.9. The average molecular weight is 395 g/mol. The van der Waals surface area contributed by atoms with Gasteiger partial charge in [-0.1, -0.05) is 28.1 Å². The van der Waals surface area contributed by atoms with E-state index in [4.69, 9.17) is 4.74 Å². The van der Waals surface area contributed by atoms with Gasteiger partial charge in [-0.25, -0.2) is 4.39 Å². The average Bonchev–Trinajstić information content (AvgIpc) is 2.57. The Kier molecular flexibility index (Phi) is 5.87. The maximum absolute atomic E-state index is 13.3. The Morgan fingerprint density at radius 1 is 1.00 bits per heavy atom. The number of ether oxygens (including phenoxy) is 1. The molecular formula is C19H24BrFN2O+2. The molecule has 0 radical (unpaired) electrons. The minimum absolute atomic E-state index is 0.141. The van der Waals surface area contributed by atoms with Crippen LogP contribution in [0.1, 0.15) is 11.1 Å². The van der Waals surface area contributed by atoms with E-state index in [0.717, 1.165) is 55.1 Å². The molecule has 0 unspecified atom stereocenters. The van der Waals surface area contributed by atoms with Gasteiger partial charge >= 0.3 is 0 Å². The predicted molar refractivity (Wildman–Crippen MR) is 95.9 cm³/mol. The topological polar surface area (TPSA) is 18.1 Å². The van der Waals surface area contributed by atoms with Gasteiger partial charge < -0.3 is 14.5 Å². The second kappa shape index (κ2) is 8.10. The van der Waals surface area contributed by atoms with Crippen LogP contribution in [0.4, 0.5) is 4.39 Å². The molecule has 2 aromatic rings. The summed E-state index contributed by atoms with van der Waals surface area (Å²) in [6.07, 6.45) is 0. The van der Waals surface area contributed by atoms with Crippen molar-refractivity contribution in [2.24, 2.45) is 0 Å². The van der Waals surface area contributed by atoms with E-state index in [-0.39, 0.29) is 5.82 Å². The third kappa shape index (κ3) is 4.56. The van der Waals surface area contributed by atoms with Crippen LogP contribution in [-0.2, 0) is 13.1 Å². The third-order valence-corrected chi connectivity index (χ3v) is 5.18. The van der Waals surface area contributed by atoms with Crippen molar-refractivity contribution in [3.63, 3.8) is 0 Å². The molecule has 3 rings (SSSR count).